The summed E-state index contributed by atoms with van der Waals surface area (Å²) in [5, 5.41) is 10.2. The van der Waals surface area contributed by atoms with Crippen molar-refractivity contribution in [2.45, 2.75) is 43.4 Å². The van der Waals surface area contributed by atoms with Crippen LogP contribution in [0.25, 0.3) is 0 Å². The number of carboxylic acid groups (broad SMARTS) is 1. The van der Waals surface area contributed by atoms with E-state index in [9.17, 15) is 9.90 Å². The zero-order valence-corrected chi connectivity index (χ0v) is 11.7. The summed E-state index contributed by atoms with van der Waals surface area (Å²) in [4.78, 5) is 11.6. The predicted octanol–water partition coefficient (Wildman–Crippen LogP) is 3.73. The predicted molar refractivity (Wildman–Crippen MR) is 73.1 cm³/mol. The van der Waals surface area contributed by atoms with Gasteiger partial charge in [-0.05, 0) is 49.3 Å². The summed E-state index contributed by atoms with van der Waals surface area (Å²) < 4.78 is 5.43. The molecule has 2 aliphatic rings. The lowest BCUT2D eigenvalue weighted by Crippen LogP contribution is -2.42. The number of hydrogen-bond donors (Lipinski definition) is 1. The fourth-order valence-electron chi connectivity index (χ4n) is 2.96. The van der Waals surface area contributed by atoms with Crippen molar-refractivity contribution >= 4 is 17.6 Å². The van der Waals surface area contributed by atoms with Gasteiger partial charge in [-0.1, -0.05) is 18.0 Å². The maximum absolute atomic E-state index is 11.6. The third-order valence-corrected chi connectivity index (χ3v) is 4.78. The number of aliphatic carboxylic acids is 1. The molecular weight excluding hydrogens is 264 g/mol. The Hall–Kier alpha value is -1.22. The number of methoxy groups -OCH3 is 1. The largest absolute Gasteiger partial charge is 0.496 e. The van der Waals surface area contributed by atoms with Crippen molar-refractivity contribution in [3.05, 3.63) is 28.3 Å². The van der Waals surface area contributed by atoms with Crippen molar-refractivity contribution in [1.82, 2.24) is 0 Å². The Morgan fingerprint density at radius 2 is 2.11 bits per heavy atom. The van der Waals surface area contributed by atoms with Gasteiger partial charge < -0.3 is 9.84 Å². The minimum atomic E-state index is -0.754. The van der Waals surface area contributed by atoms with E-state index < -0.39 is 11.4 Å². The van der Waals surface area contributed by atoms with E-state index in [4.69, 9.17) is 16.3 Å². The van der Waals surface area contributed by atoms with E-state index in [0.717, 1.165) is 36.1 Å². The quantitative estimate of drug-likeness (QED) is 0.914. The van der Waals surface area contributed by atoms with E-state index in [1.54, 1.807) is 7.11 Å². The van der Waals surface area contributed by atoms with Gasteiger partial charge in [0.2, 0.25) is 0 Å². The van der Waals surface area contributed by atoms with E-state index >= 15 is 0 Å². The van der Waals surface area contributed by atoms with Crippen LogP contribution < -0.4 is 4.74 Å². The van der Waals surface area contributed by atoms with Gasteiger partial charge in [-0.25, -0.2) is 0 Å². The molecule has 0 atom stereocenters. The second-order valence-corrected chi connectivity index (χ2v) is 6.00. The third-order valence-electron chi connectivity index (χ3n) is 4.47. The summed E-state index contributed by atoms with van der Waals surface area (Å²) in [6, 6.07) is 3.72. The summed E-state index contributed by atoms with van der Waals surface area (Å²) in [5.41, 5.74) is 1.09. The summed E-state index contributed by atoms with van der Waals surface area (Å²) in [6.45, 7) is 0. The molecular formula is C15H17ClO3. The Balaban J connectivity index is 2.08. The highest BCUT2D eigenvalue weighted by molar-refractivity contribution is 6.31. The smallest absolute Gasteiger partial charge is 0.314 e. The summed E-state index contributed by atoms with van der Waals surface area (Å²) in [6.07, 6.45) is 4.60. The van der Waals surface area contributed by atoms with Crippen LogP contribution in [-0.4, -0.2) is 18.2 Å². The summed E-state index contributed by atoms with van der Waals surface area (Å²) >= 11 is 6.37. The highest BCUT2D eigenvalue weighted by Crippen LogP contribution is 2.51. The number of hydrogen-bond acceptors (Lipinski definition) is 2. The molecule has 2 aliphatic carbocycles. The number of rotatable bonds is 4. The molecule has 2 fully saturated rings. The van der Waals surface area contributed by atoms with Crippen LogP contribution in [0.5, 0.6) is 5.75 Å². The molecule has 0 radical (unpaired) electrons. The number of carbonyl (C=O) groups is 1. The molecule has 102 valence electrons. The van der Waals surface area contributed by atoms with Gasteiger partial charge in [-0.15, -0.1) is 0 Å². The zero-order valence-electron chi connectivity index (χ0n) is 10.9. The first-order valence-corrected chi connectivity index (χ1v) is 7.07. The van der Waals surface area contributed by atoms with Crippen molar-refractivity contribution in [3.8, 4) is 5.75 Å². The first kappa shape index (κ1) is 12.8. The Morgan fingerprint density at radius 1 is 1.42 bits per heavy atom. The second-order valence-electron chi connectivity index (χ2n) is 5.59. The van der Waals surface area contributed by atoms with Crippen molar-refractivity contribution < 1.29 is 14.6 Å². The molecule has 3 nitrogen and oxygen atoms in total. The topological polar surface area (TPSA) is 46.5 Å². The molecule has 0 aliphatic heterocycles. The Bertz CT molecular complexity index is 530. The van der Waals surface area contributed by atoms with E-state index in [2.05, 4.69) is 0 Å². The molecule has 1 N–H and O–H groups in total. The van der Waals surface area contributed by atoms with Crippen molar-refractivity contribution in [2.24, 2.45) is 0 Å². The van der Waals surface area contributed by atoms with Gasteiger partial charge in [-0.2, -0.15) is 0 Å². The Labute approximate surface area is 117 Å². The highest BCUT2D eigenvalue weighted by Gasteiger charge is 2.46. The molecule has 0 amide bonds. The molecule has 2 saturated carbocycles. The molecule has 0 unspecified atom stereocenters. The average molecular weight is 281 g/mol. The zero-order chi connectivity index (χ0) is 13.6. The van der Waals surface area contributed by atoms with Crippen molar-refractivity contribution in [2.75, 3.05) is 7.11 Å². The van der Waals surface area contributed by atoms with Crippen LogP contribution >= 0.6 is 11.6 Å². The van der Waals surface area contributed by atoms with Crippen molar-refractivity contribution in [3.63, 3.8) is 0 Å². The number of ether oxygens (including phenoxy) is 1. The molecule has 0 spiro atoms. The Kier molecular flexibility index (Phi) is 2.97. The van der Waals surface area contributed by atoms with Gasteiger partial charge in [0.1, 0.15) is 5.75 Å². The van der Waals surface area contributed by atoms with Gasteiger partial charge >= 0.3 is 5.97 Å². The SMILES string of the molecule is COc1cc(C2(C(=O)O)CCC2)cc(Cl)c1C1CC1. The van der Waals surface area contributed by atoms with Crippen LogP contribution in [0, 0.1) is 0 Å². The van der Waals surface area contributed by atoms with Gasteiger partial charge in [0.05, 0.1) is 12.5 Å². The van der Waals surface area contributed by atoms with Crippen LogP contribution in [0.15, 0.2) is 12.1 Å². The lowest BCUT2D eigenvalue weighted by Gasteiger charge is -2.38. The number of carboxylic acids is 1. The fraction of sp³-hybridized carbons (Fsp3) is 0.533. The molecule has 1 aromatic rings. The lowest BCUT2D eigenvalue weighted by atomic mass is 9.64. The van der Waals surface area contributed by atoms with Crippen LogP contribution in [0.2, 0.25) is 5.02 Å². The number of benzene rings is 1. The third kappa shape index (κ3) is 1.91. The van der Waals surface area contributed by atoms with Gasteiger partial charge in [-0.3, -0.25) is 4.79 Å². The second kappa shape index (κ2) is 4.41. The van der Waals surface area contributed by atoms with Crippen LogP contribution in [-0.2, 0) is 10.2 Å². The van der Waals surface area contributed by atoms with E-state index in [-0.39, 0.29) is 0 Å². The molecule has 0 saturated heterocycles. The maximum Gasteiger partial charge on any atom is 0.314 e. The van der Waals surface area contributed by atoms with E-state index in [1.807, 2.05) is 12.1 Å². The van der Waals surface area contributed by atoms with Gasteiger partial charge in [0.25, 0.3) is 0 Å². The molecule has 0 aromatic heterocycles. The highest BCUT2D eigenvalue weighted by atomic mass is 35.5. The minimum Gasteiger partial charge on any atom is -0.496 e. The molecule has 1 aromatic carbocycles. The number of halogens is 1. The van der Waals surface area contributed by atoms with Crippen LogP contribution in [0.3, 0.4) is 0 Å². The summed E-state index contributed by atoms with van der Waals surface area (Å²) in [7, 11) is 1.62. The molecule has 4 heteroatoms. The van der Waals surface area contributed by atoms with Gasteiger partial charge in [0, 0.05) is 10.6 Å². The van der Waals surface area contributed by atoms with Crippen LogP contribution in [0.4, 0.5) is 0 Å². The Morgan fingerprint density at radius 3 is 2.53 bits per heavy atom. The van der Waals surface area contributed by atoms with E-state index in [1.165, 1.54) is 0 Å². The van der Waals surface area contributed by atoms with Crippen LogP contribution in [0.1, 0.15) is 49.1 Å². The first-order chi connectivity index (χ1) is 9.08. The molecule has 0 heterocycles. The summed E-state index contributed by atoms with van der Waals surface area (Å²) in [5.74, 6) is 0.479. The first-order valence-electron chi connectivity index (χ1n) is 6.70. The van der Waals surface area contributed by atoms with E-state index in [0.29, 0.717) is 23.8 Å². The fourth-order valence-corrected chi connectivity index (χ4v) is 3.33. The van der Waals surface area contributed by atoms with Crippen molar-refractivity contribution in [1.29, 1.82) is 0 Å². The average Bonchev–Trinajstić information content (AvgIpc) is 3.10. The molecule has 0 bridgehead atoms. The lowest BCUT2D eigenvalue weighted by molar-refractivity contribution is -0.147. The standard InChI is InChI=1S/C15H17ClO3/c1-19-12-8-10(15(14(17)18)5-2-6-15)7-11(16)13(12)9-3-4-9/h7-9H,2-6H2,1H3,(H,17,18). The van der Waals surface area contributed by atoms with Gasteiger partial charge in [0.15, 0.2) is 0 Å². The normalized spacial score (nSPS) is 20.7. The monoisotopic (exact) mass is 280 g/mol. The maximum atomic E-state index is 11.6. The molecule has 19 heavy (non-hydrogen) atoms. The minimum absolute atomic E-state index is 0.485. The molecule has 3 rings (SSSR count).